The second-order valence-electron chi connectivity index (χ2n) is 3.14. The Bertz CT molecular complexity index is 406. The zero-order chi connectivity index (χ0) is 12.3. The molecule has 1 aliphatic rings. The molecule has 16 heavy (non-hydrogen) atoms. The van der Waals surface area contributed by atoms with Gasteiger partial charge in [-0.2, -0.15) is 5.26 Å². The first-order chi connectivity index (χ1) is 7.52. The molecule has 0 spiro atoms. The molecule has 0 radical (unpaired) electrons. The topological polar surface area (TPSA) is 93.8 Å². The van der Waals surface area contributed by atoms with Gasteiger partial charge in [-0.05, 0) is 13.0 Å². The molecule has 1 unspecified atom stereocenters. The SMILES string of the molecule is CCOC(=O)C1=CC(O)N(C)C(O)=C1C#N. The van der Waals surface area contributed by atoms with Crippen LogP contribution in [0.1, 0.15) is 6.92 Å². The average molecular weight is 224 g/mol. The van der Waals surface area contributed by atoms with Crippen LogP contribution < -0.4 is 0 Å². The molecule has 1 heterocycles. The summed E-state index contributed by atoms with van der Waals surface area (Å²) in [6, 6.07) is 1.70. The zero-order valence-electron chi connectivity index (χ0n) is 8.97. The highest BCUT2D eigenvalue weighted by molar-refractivity contribution is 5.95. The minimum absolute atomic E-state index is 0.118. The van der Waals surface area contributed by atoms with Gasteiger partial charge < -0.3 is 19.8 Å². The molecular weight excluding hydrogens is 212 g/mol. The average Bonchev–Trinajstić information content (AvgIpc) is 2.26. The quantitative estimate of drug-likeness (QED) is 0.643. The van der Waals surface area contributed by atoms with Gasteiger partial charge in [0.25, 0.3) is 0 Å². The van der Waals surface area contributed by atoms with E-state index in [0.717, 1.165) is 11.0 Å². The molecule has 86 valence electrons. The highest BCUT2D eigenvalue weighted by Gasteiger charge is 2.29. The molecule has 1 aliphatic heterocycles. The van der Waals surface area contributed by atoms with Crippen molar-refractivity contribution in [2.45, 2.75) is 13.2 Å². The number of aliphatic hydroxyl groups is 2. The zero-order valence-corrected chi connectivity index (χ0v) is 8.97. The Morgan fingerprint density at radius 2 is 2.38 bits per heavy atom. The summed E-state index contributed by atoms with van der Waals surface area (Å²) in [5, 5.41) is 27.9. The van der Waals surface area contributed by atoms with Crippen molar-refractivity contribution < 1.29 is 19.7 Å². The van der Waals surface area contributed by atoms with Crippen LogP contribution in [0.5, 0.6) is 0 Å². The van der Waals surface area contributed by atoms with Crippen molar-refractivity contribution in [3.63, 3.8) is 0 Å². The minimum Gasteiger partial charge on any atom is -0.494 e. The third kappa shape index (κ3) is 1.99. The van der Waals surface area contributed by atoms with E-state index in [1.165, 1.54) is 7.05 Å². The first kappa shape index (κ1) is 12.1. The van der Waals surface area contributed by atoms with Crippen LogP contribution in [0, 0.1) is 11.3 Å². The van der Waals surface area contributed by atoms with Crippen molar-refractivity contribution in [3.8, 4) is 6.07 Å². The van der Waals surface area contributed by atoms with Crippen LogP contribution in [0.4, 0.5) is 0 Å². The second-order valence-corrected chi connectivity index (χ2v) is 3.14. The molecule has 1 atom stereocenters. The van der Waals surface area contributed by atoms with Crippen molar-refractivity contribution in [1.29, 1.82) is 5.26 Å². The van der Waals surface area contributed by atoms with E-state index in [2.05, 4.69) is 0 Å². The number of aliphatic hydroxyl groups excluding tert-OH is 2. The summed E-state index contributed by atoms with van der Waals surface area (Å²) in [4.78, 5) is 12.5. The number of nitrogens with zero attached hydrogens (tertiary/aromatic N) is 2. The van der Waals surface area contributed by atoms with E-state index < -0.39 is 18.1 Å². The molecule has 1 rings (SSSR count). The van der Waals surface area contributed by atoms with Crippen molar-refractivity contribution in [1.82, 2.24) is 4.90 Å². The van der Waals surface area contributed by atoms with Crippen molar-refractivity contribution >= 4 is 5.97 Å². The molecule has 6 nitrogen and oxygen atoms in total. The van der Waals surface area contributed by atoms with E-state index >= 15 is 0 Å². The Labute approximate surface area is 92.7 Å². The fourth-order valence-corrected chi connectivity index (χ4v) is 1.26. The molecule has 6 heteroatoms. The van der Waals surface area contributed by atoms with Crippen LogP contribution in [0.25, 0.3) is 0 Å². The van der Waals surface area contributed by atoms with E-state index in [1.807, 2.05) is 0 Å². The van der Waals surface area contributed by atoms with Gasteiger partial charge in [-0.3, -0.25) is 0 Å². The van der Waals surface area contributed by atoms with Crippen molar-refractivity contribution in [3.05, 3.63) is 23.1 Å². The lowest BCUT2D eigenvalue weighted by Gasteiger charge is -2.27. The third-order valence-electron chi connectivity index (χ3n) is 2.15. The Kier molecular flexibility index (Phi) is 3.53. The maximum Gasteiger partial charge on any atom is 0.339 e. The number of likely N-dealkylation sites (N-methyl/N-ethyl adjacent to an activating group) is 1. The molecule has 0 aromatic heterocycles. The number of hydrogen-bond donors (Lipinski definition) is 2. The summed E-state index contributed by atoms with van der Waals surface area (Å²) >= 11 is 0. The maximum atomic E-state index is 11.4. The van der Waals surface area contributed by atoms with E-state index in [9.17, 15) is 15.0 Å². The number of ether oxygens (including phenoxy) is 1. The molecule has 0 amide bonds. The van der Waals surface area contributed by atoms with E-state index in [4.69, 9.17) is 10.00 Å². The smallest absolute Gasteiger partial charge is 0.339 e. The number of nitriles is 1. The molecule has 0 fully saturated rings. The van der Waals surface area contributed by atoms with Gasteiger partial charge in [0.2, 0.25) is 5.88 Å². The largest absolute Gasteiger partial charge is 0.494 e. The Morgan fingerprint density at radius 3 is 2.88 bits per heavy atom. The lowest BCUT2D eigenvalue weighted by atomic mass is 10.0. The highest BCUT2D eigenvalue weighted by atomic mass is 16.5. The summed E-state index contributed by atoms with van der Waals surface area (Å²) < 4.78 is 4.71. The van der Waals surface area contributed by atoms with Gasteiger partial charge in [0.15, 0.2) is 0 Å². The van der Waals surface area contributed by atoms with Crippen LogP contribution in [0.3, 0.4) is 0 Å². The minimum atomic E-state index is -1.16. The predicted molar refractivity (Wildman–Crippen MR) is 53.8 cm³/mol. The lowest BCUT2D eigenvalue weighted by molar-refractivity contribution is -0.138. The van der Waals surface area contributed by atoms with Gasteiger partial charge in [0.05, 0.1) is 12.2 Å². The van der Waals surface area contributed by atoms with Crippen LogP contribution in [-0.2, 0) is 9.53 Å². The first-order valence-corrected chi connectivity index (χ1v) is 4.66. The first-order valence-electron chi connectivity index (χ1n) is 4.66. The van der Waals surface area contributed by atoms with Crippen LogP contribution in [0.2, 0.25) is 0 Å². The predicted octanol–water partition coefficient (Wildman–Crippen LogP) is 0.0329. The van der Waals surface area contributed by atoms with Gasteiger partial charge in [-0.1, -0.05) is 0 Å². The summed E-state index contributed by atoms with van der Waals surface area (Å²) in [5.74, 6) is -1.18. The van der Waals surface area contributed by atoms with Crippen molar-refractivity contribution in [2.24, 2.45) is 0 Å². The molecule has 0 saturated heterocycles. The number of carbonyl (C=O) groups excluding carboxylic acids is 1. The summed E-state index contributed by atoms with van der Waals surface area (Å²) in [7, 11) is 1.40. The fraction of sp³-hybridized carbons (Fsp3) is 0.400. The van der Waals surface area contributed by atoms with E-state index in [1.54, 1.807) is 13.0 Å². The van der Waals surface area contributed by atoms with Crippen molar-refractivity contribution in [2.75, 3.05) is 13.7 Å². The molecule has 0 bridgehead atoms. The molecule has 2 N–H and O–H groups in total. The maximum absolute atomic E-state index is 11.4. The second kappa shape index (κ2) is 4.68. The summed E-state index contributed by atoms with van der Waals surface area (Å²) in [6.45, 7) is 1.78. The third-order valence-corrected chi connectivity index (χ3v) is 2.15. The van der Waals surface area contributed by atoms with E-state index in [0.29, 0.717) is 0 Å². The van der Waals surface area contributed by atoms with Crippen LogP contribution in [0.15, 0.2) is 23.1 Å². The lowest BCUT2D eigenvalue weighted by Crippen LogP contribution is -2.34. The van der Waals surface area contributed by atoms with Gasteiger partial charge in [0.1, 0.15) is 17.9 Å². The van der Waals surface area contributed by atoms with E-state index in [-0.39, 0.29) is 17.8 Å². The van der Waals surface area contributed by atoms with Crippen LogP contribution >= 0.6 is 0 Å². The van der Waals surface area contributed by atoms with Gasteiger partial charge >= 0.3 is 5.97 Å². The standard InChI is InChI=1S/C10H12N2O4/c1-3-16-10(15)6-4-8(13)12(2)9(14)7(6)5-11/h4,8,13-14H,3H2,1-2H3. The number of esters is 1. The molecule has 0 aromatic rings. The Balaban J connectivity index is 3.13. The number of carbonyl (C=O) groups is 1. The van der Waals surface area contributed by atoms with Gasteiger partial charge in [0, 0.05) is 7.05 Å². The van der Waals surface area contributed by atoms with Crippen LogP contribution in [-0.4, -0.2) is 41.0 Å². The summed E-state index contributed by atoms with van der Waals surface area (Å²) in [6.07, 6.45) is 0.00695. The molecule has 0 aromatic carbocycles. The van der Waals surface area contributed by atoms with Gasteiger partial charge in [-0.15, -0.1) is 0 Å². The van der Waals surface area contributed by atoms with Gasteiger partial charge in [-0.25, -0.2) is 4.79 Å². The Hall–Kier alpha value is -2.00. The molecular formula is C10H12N2O4. The highest BCUT2D eigenvalue weighted by Crippen LogP contribution is 2.23. The monoisotopic (exact) mass is 224 g/mol. The number of hydrogen-bond acceptors (Lipinski definition) is 6. The fourth-order valence-electron chi connectivity index (χ4n) is 1.26. The Morgan fingerprint density at radius 1 is 1.75 bits per heavy atom. The number of rotatable bonds is 2. The normalized spacial score (nSPS) is 20.2. The molecule has 0 saturated carbocycles. The molecule has 0 aliphatic carbocycles. The summed E-state index contributed by atoms with van der Waals surface area (Å²) in [5.41, 5.74) is -0.321.